The van der Waals surface area contributed by atoms with E-state index < -0.39 is 0 Å². The van der Waals surface area contributed by atoms with Gasteiger partial charge in [-0.25, -0.2) is 4.79 Å². The number of anilines is 1. The van der Waals surface area contributed by atoms with Gasteiger partial charge in [0.2, 0.25) is 0 Å². The number of fused-ring (bicyclic) bond motifs is 1. The van der Waals surface area contributed by atoms with E-state index in [2.05, 4.69) is 32.9 Å². The van der Waals surface area contributed by atoms with Gasteiger partial charge in [0, 0.05) is 31.7 Å². The van der Waals surface area contributed by atoms with Gasteiger partial charge in [-0.3, -0.25) is 9.59 Å². The third-order valence-corrected chi connectivity index (χ3v) is 7.20. The van der Waals surface area contributed by atoms with Crippen LogP contribution in [0, 0.1) is 0 Å². The van der Waals surface area contributed by atoms with E-state index in [9.17, 15) is 14.4 Å². The number of hydrogen-bond donors (Lipinski definition) is 0. The van der Waals surface area contributed by atoms with Gasteiger partial charge in [-0.1, -0.05) is 39.0 Å². The summed E-state index contributed by atoms with van der Waals surface area (Å²) in [4.78, 5) is 42.8. The molecule has 36 heavy (non-hydrogen) atoms. The summed E-state index contributed by atoms with van der Waals surface area (Å²) in [5, 5.41) is 0. The second kappa shape index (κ2) is 10.6. The molecular formula is C28H35N3O5. The van der Waals surface area contributed by atoms with Crippen molar-refractivity contribution < 1.29 is 23.9 Å². The van der Waals surface area contributed by atoms with Crippen molar-refractivity contribution in [1.29, 1.82) is 0 Å². The lowest BCUT2D eigenvalue weighted by atomic mass is 9.82. The second-order valence-electron chi connectivity index (χ2n) is 9.86. The van der Waals surface area contributed by atoms with Gasteiger partial charge in [-0.05, 0) is 54.2 Å². The standard InChI is InChI=1S/C28H35N3O5/c1-5-28(3,4)22-11-12-24-23(17-22)31(25(32)19-36-24)18-20-7-9-21(10-8-20)26(33)29-13-15-30(16-14-29)27(34)35-6-2/h7-12,17H,5-6,13-16,18-19H2,1-4H3. The van der Waals surface area contributed by atoms with Gasteiger partial charge in [-0.15, -0.1) is 0 Å². The zero-order valence-electron chi connectivity index (χ0n) is 21.6. The maximum atomic E-state index is 13.0. The first-order valence-corrected chi connectivity index (χ1v) is 12.6. The number of ether oxygens (including phenoxy) is 2. The third kappa shape index (κ3) is 5.32. The van der Waals surface area contributed by atoms with E-state index in [-0.39, 0.29) is 29.9 Å². The van der Waals surface area contributed by atoms with E-state index in [1.165, 1.54) is 0 Å². The second-order valence-corrected chi connectivity index (χ2v) is 9.86. The van der Waals surface area contributed by atoms with Crippen LogP contribution in [-0.4, -0.2) is 67.1 Å². The first kappa shape index (κ1) is 25.5. The van der Waals surface area contributed by atoms with Crippen molar-refractivity contribution in [2.45, 2.75) is 46.1 Å². The molecule has 3 amide bonds. The molecule has 192 valence electrons. The number of piperazine rings is 1. The highest BCUT2D eigenvalue weighted by Gasteiger charge is 2.29. The Morgan fingerprint density at radius 2 is 1.64 bits per heavy atom. The zero-order chi connectivity index (χ0) is 25.9. The molecule has 4 rings (SSSR count). The average Bonchev–Trinajstić information content (AvgIpc) is 2.90. The monoisotopic (exact) mass is 493 g/mol. The first-order valence-electron chi connectivity index (χ1n) is 12.6. The smallest absolute Gasteiger partial charge is 0.409 e. The SMILES string of the molecule is CCOC(=O)N1CCN(C(=O)c2ccc(CN3C(=O)COc4ccc(C(C)(C)CC)cc43)cc2)CC1. The normalized spacial score (nSPS) is 15.9. The molecular weight excluding hydrogens is 458 g/mol. The van der Waals surface area contributed by atoms with Crippen LogP contribution in [-0.2, 0) is 21.5 Å². The van der Waals surface area contributed by atoms with E-state index in [0.29, 0.717) is 50.6 Å². The zero-order valence-corrected chi connectivity index (χ0v) is 21.6. The van der Waals surface area contributed by atoms with E-state index in [4.69, 9.17) is 9.47 Å². The largest absolute Gasteiger partial charge is 0.482 e. The van der Waals surface area contributed by atoms with Crippen LogP contribution in [0.1, 0.15) is 55.6 Å². The highest BCUT2D eigenvalue weighted by atomic mass is 16.6. The fourth-order valence-electron chi connectivity index (χ4n) is 4.43. The Kier molecular flexibility index (Phi) is 7.52. The summed E-state index contributed by atoms with van der Waals surface area (Å²) in [7, 11) is 0. The van der Waals surface area contributed by atoms with Crippen LogP contribution in [0.15, 0.2) is 42.5 Å². The lowest BCUT2D eigenvalue weighted by molar-refractivity contribution is -0.121. The maximum absolute atomic E-state index is 13.0. The summed E-state index contributed by atoms with van der Waals surface area (Å²) in [5.74, 6) is 0.553. The van der Waals surface area contributed by atoms with Gasteiger partial charge < -0.3 is 24.2 Å². The van der Waals surface area contributed by atoms with Gasteiger partial charge >= 0.3 is 6.09 Å². The Labute approximate surface area is 212 Å². The third-order valence-electron chi connectivity index (χ3n) is 7.20. The summed E-state index contributed by atoms with van der Waals surface area (Å²) >= 11 is 0. The molecule has 0 aliphatic carbocycles. The minimum atomic E-state index is -0.335. The molecule has 8 heteroatoms. The minimum Gasteiger partial charge on any atom is -0.482 e. The van der Waals surface area contributed by atoms with Crippen LogP contribution in [0.4, 0.5) is 10.5 Å². The Morgan fingerprint density at radius 3 is 2.28 bits per heavy atom. The summed E-state index contributed by atoms with van der Waals surface area (Å²) < 4.78 is 10.7. The van der Waals surface area contributed by atoms with Crippen LogP contribution in [0.2, 0.25) is 0 Å². The lowest BCUT2D eigenvalue weighted by Crippen LogP contribution is -2.50. The molecule has 2 aromatic carbocycles. The summed E-state index contributed by atoms with van der Waals surface area (Å²) in [6, 6.07) is 13.5. The Balaban J connectivity index is 1.44. The first-order chi connectivity index (χ1) is 17.2. The maximum Gasteiger partial charge on any atom is 0.409 e. The molecule has 0 N–H and O–H groups in total. The number of hydrogen-bond acceptors (Lipinski definition) is 5. The fourth-order valence-corrected chi connectivity index (χ4v) is 4.43. The lowest BCUT2D eigenvalue weighted by Gasteiger charge is -2.34. The number of amides is 3. The fraction of sp³-hybridized carbons (Fsp3) is 0.464. The number of rotatable bonds is 6. The number of benzene rings is 2. The molecule has 0 saturated carbocycles. The molecule has 0 radical (unpaired) electrons. The van der Waals surface area contributed by atoms with Crippen LogP contribution >= 0.6 is 0 Å². The molecule has 0 unspecified atom stereocenters. The average molecular weight is 494 g/mol. The van der Waals surface area contributed by atoms with Crippen LogP contribution in [0.5, 0.6) is 5.75 Å². The van der Waals surface area contributed by atoms with E-state index in [0.717, 1.165) is 23.2 Å². The summed E-state index contributed by atoms with van der Waals surface area (Å²) in [6.07, 6.45) is 0.645. The van der Waals surface area contributed by atoms with Gasteiger partial charge in [0.1, 0.15) is 5.75 Å². The van der Waals surface area contributed by atoms with Crippen molar-refractivity contribution >= 4 is 23.6 Å². The molecule has 0 spiro atoms. The van der Waals surface area contributed by atoms with Crippen LogP contribution in [0.3, 0.4) is 0 Å². The summed E-state index contributed by atoms with van der Waals surface area (Å²) in [5.41, 5.74) is 3.45. The molecule has 0 bridgehead atoms. The van der Waals surface area contributed by atoms with E-state index in [1.807, 2.05) is 18.2 Å². The molecule has 0 atom stereocenters. The van der Waals surface area contributed by atoms with Crippen molar-refractivity contribution in [3.63, 3.8) is 0 Å². The minimum absolute atomic E-state index is 0.00893. The highest BCUT2D eigenvalue weighted by molar-refractivity contribution is 5.98. The number of nitrogens with zero attached hydrogens (tertiary/aromatic N) is 3. The molecule has 8 nitrogen and oxygen atoms in total. The van der Waals surface area contributed by atoms with Crippen LogP contribution in [0.25, 0.3) is 0 Å². The predicted octanol–water partition coefficient (Wildman–Crippen LogP) is 4.21. The van der Waals surface area contributed by atoms with E-state index in [1.54, 1.807) is 33.8 Å². The number of carbonyl (C=O) groups is 3. The number of carbonyl (C=O) groups excluding carboxylic acids is 3. The van der Waals surface area contributed by atoms with Gasteiger partial charge in [0.05, 0.1) is 18.8 Å². The van der Waals surface area contributed by atoms with Crippen molar-refractivity contribution in [3.05, 3.63) is 59.2 Å². The van der Waals surface area contributed by atoms with Crippen molar-refractivity contribution in [1.82, 2.24) is 9.80 Å². The van der Waals surface area contributed by atoms with Gasteiger partial charge in [-0.2, -0.15) is 0 Å². The van der Waals surface area contributed by atoms with Crippen molar-refractivity contribution in [2.75, 3.05) is 44.3 Å². The molecule has 2 aromatic rings. The van der Waals surface area contributed by atoms with Crippen LogP contribution < -0.4 is 9.64 Å². The van der Waals surface area contributed by atoms with E-state index >= 15 is 0 Å². The van der Waals surface area contributed by atoms with Crippen molar-refractivity contribution in [2.24, 2.45) is 0 Å². The molecule has 1 saturated heterocycles. The molecule has 2 aliphatic rings. The molecule has 2 aliphatic heterocycles. The van der Waals surface area contributed by atoms with Gasteiger partial charge in [0.15, 0.2) is 6.61 Å². The molecule has 1 fully saturated rings. The topological polar surface area (TPSA) is 79.4 Å². The van der Waals surface area contributed by atoms with Gasteiger partial charge in [0.25, 0.3) is 11.8 Å². The van der Waals surface area contributed by atoms with Crippen molar-refractivity contribution in [3.8, 4) is 5.75 Å². The Morgan fingerprint density at radius 1 is 0.972 bits per heavy atom. The summed E-state index contributed by atoms with van der Waals surface area (Å²) in [6.45, 7) is 10.9. The quantitative estimate of drug-likeness (QED) is 0.602. The Bertz CT molecular complexity index is 1120. The highest BCUT2D eigenvalue weighted by Crippen LogP contribution is 2.38. The molecule has 2 heterocycles. The predicted molar refractivity (Wildman–Crippen MR) is 137 cm³/mol. The Hall–Kier alpha value is -3.55. The molecule has 0 aromatic heterocycles.